The first-order valence-electron chi connectivity index (χ1n) is 10.9. The first kappa shape index (κ1) is 24.8. The van der Waals surface area contributed by atoms with Crippen LogP contribution in [0.5, 0.6) is 0 Å². The van der Waals surface area contributed by atoms with Crippen molar-refractivity contribution in [3.05, 3.63) is 72.8 Å². The van der Waals surface area contributed by atoms with E-state index in [1.165, 1.54) is 18.6 Å². The van der Waals surface area contributed by atoms with E-state index >= 15 is 0 Å². The fourth-order valence-corrected chi connectivity index (χ4v) is 5.39. The molecule has 5 nitrogen and oxygen atoms in total. The number of benzene rings is 2. The van der Waals surface area contributed by atoms with E-state index in [1.54, 1.807) is 42.5 Å². The largest absolute Gasteiger partial charge is 0.391 e. The van der Waals surface area contributed by atoms with E-state index in [2.05, 4.69) is 18.8 Å². The number of amides is 1. The number of anilines is 1. The normalized spacial score (nSPS) is 13.4. The van der Waals surface area contributed by atoms with Crippen molar-refractivity contribution in [2.24, 2.45) is 0 Å². The van der Waals surface area contributed by atoms with Gasteiger partial charge in [-0.2, -0.15) is 0 Å². The number of carbonyl (C=O) groups excluding carboxylic acids is 1. The smallest absolute Gasteiger partial charge is 0.252 e. The molecule has 0 spiro atoms. The molecule has 2 unspecified atom stereocenters. The van der Waals surface area contributed by atoms with Crippen molar-refractivity contribution >= 4 is 21.4 Å². The van der Waals surface area contributed by atoms with Gasteiger partial charge in [0.1, 0.15) is 5.25 Å². The minimum absolute atomic E-state index is 0.0654. The van der Waals surface area contributed by atoms with E-state index in [-0.39, 0.29) is 10.5 Å². The minimum atomic E-state index is -4.00. The van der Waals surface area contributed by atoms with Crippen molar-refractivity contribution in [3.63, 3.8) is 0 Å². The lowest BCUT2D eigenvalue weighted by Gasteiger charge is -2.25. The average molecular weight is 444 g/mol. The second-order valence-corrected chi connectivity index (χ2v) is 9.82. The highest BCUT2D eigenvalue weighted by Crippen LogP contribution is 2.27. The maximum atomic E-state index is 13.3. The van der Waals surface area contributed by atoms with Crippen LogP contribution in [0, 0.1) is 0 Å². The average Bonchev–Trinajstić information content (AvgIpc) is 2.77. The number of aliphatic hydroxyl groups excluding tert-OH is 1. The summed E-state index contributed by atoms with van der Waals surface area (Å²) in [7, 11) is -4.00. The van der Waals surface area contributed by atoms with Gasteiger partial charge in [0.2, 0.25) is 0 Å². The van der Waals surface area contributed by atoms with Crippen LogP contribution < -0.4 is 5.32 Å². The van der Waals surface area contributed by atoms with Gasteiger partial charge in [-0.15, -0.1) is 0 Å². The molecule has 2 aromatic rings. The summed E-state index contributed by atoms with van der Waals surface area (Å²) in [6, 6.07) is 16.7. The number of rotatable bonds is 13. The molecule has 0 saturated heterocycles. The minimum Gasteiger partial charge on any atom is -0.391 e. The lowest BCUT2D eigenvalue weighted by Crippen LogP contribution is -2.39. The Balaban J connectivity index is 2.19. The highest BCUT2D eigenvalue weighted by Gasteiger charge is 2.38. The number of para-hydroxylation sites is 1. The predicted octanol–water partition coefficient (Wildman–Crippen LogP) is 5.14. The molecule has 0 heterocycles. The van der Waals surface area contributed by atoms with Gasteiger partial charge in [0.25, 0.3) is 5.91 Å². The zero-order valence-corrected chi connectivity index (χ0v) is 19.0. The van der Waals surface area contributed by atoms with Crippen LogP contribution in [0.15, 0.2) is 77.7 Å². The van der Waals surface area contributed by atoms with Crippen LogP contribution >= 0.6 is 0 Å². The summed E-state index contributed by atoms with van der Waals surface area (Å²) in [4.78, 5) is 12.9. The molecule has 31 heavy (non-hydrogen) atoms. The van der Waals surface area contributed by atoms with E-state index in [0.717, 1.165) is 25.7 Å². The molecule has 6 heteroatoms. The monoisotopic (exact) mass is 443 g/mol. The number of aliphatic hydroxyl groups is 1. The van der Waals surface area contributed by atoms with Gasteiger partial charge in [0.05, 0.1) is 11.0 Å². The van der Waals surface area contributed by atoms with Crippen LogP contribution in [-0.2, 0) is 14.6 Å². The van der Waals surface area contributed by atoms with E-state index in [1.807, 2.05) is 6.07 Å². The van der Waals surface area contributed by atoms with Gasteiger partial charge >= 0.3 is 0 Å². The summed E-state index contributed by atoms with van der Waals surface area (Å²) in [5.74, 6) is -0.613. The Kier molecular flexibility index (Phi) is 9.95. The van der Waals surface area contributed by atoms with Crippen molar-refractivity contribution in [1.82, 2.24) is 0 Å². The third-order valence-corrected chi connectivity index (χ3v) is 7.47. The molecule has 2 N–H and O–H groups in total. The quantitative estimate of drug-likeness (QED) is 0.332. The van der Waals surface area contributed by atoms with Gasteiger partial charge in [0.15, 0.2) is 9.84 Å². The first-order chi connectivity index (χ1) is 14.9. The van der Waals surface area contributed by atoms with E-state index < -0.39 is 27.1 Å². The molecule has 168 valence electrons. The molecule has 2 rings (SSSR count). The molecule has 0 saturated carbocycles. The van der Waals surface area contributed by atoms with Crippen molar-refractivity contribution in [2.75, 3.05) is 5.32 Å². The molecular formula is C25H33NO4S. The van der Waals surface area contributed by atoms with Crippen LogP contribution in [-0.4, -0.2) is 30.8 Å². The Morgan fingerprint density at radius 1 is 0.935 bits per heavy atom. The molecule has 1 amide bonds. The Morgan fingerprint density at radius 2 is 1.48 bits per heavy atom. The molecule has 0 fully saturated rings. The number of carbonyl (C=O) groups is 1. The molecule has 0 aliphatic rings. The van der Waals surface area contributed by atoms with E-state index in [0.29, 0.717) is 18.5 Å². The summed E-state index contributed by atoms with van der Waals surface area (Å²) < 4.78 is 26.7. The van der Waals surface area contributed by atoms with Crippen LogP contribution in [0.25, 0.3) is 0 Å². The summed E-state index contributed by atoms with van der Waals surface area (Å²) in [5, 5.41) is 12.1. The fraction of sp³-hybridized carbons (Fsp3) is 0.400. The Bertz CT molecular complexity index is 927. The summed E-state index contributed by atoms with van der Waals surface area (Å²) in [6.45, 7) is 5.93. The van der Waals surface area contributed by atoms with Crippen molar-refractivity contribution in [1.29, 1.82) is 0 Å². The second kappa shape index (κ2) is 12.4. The topological polar surface area (TPSA) is 83.5 Å². The zero-order valence-electron chi connectivity index (χ0n) is 18.2. The number of nitrogens with one attached hydrogen (secondary N) is 1. The van der Waals surface area contributed by atoms with Crippen LogP contribution in [0.2, 0.25) is 0 Å². The third kappa shape index (κ3) is 7.33. The standard InChI is InChI=1S/C25H33NO4S/c1-3-4-5-6-7-14-19-23(27)24(31(29,30)22-17-12-9-13-18-22)20(2)25(28)26-21-15-10-8-11-16-21/h8-13,15-18,23-24,27H,2-7,14,19H2,1H3,(H,26,28). The maximum absolute atomic E-state index is 13.3. The zero-order chi connectivity index (χ0) is 22.7. The highest BCUT2D eigenvalue weighted by atomic mass is 32.2. The molecule has 0 bridgehead atoms. The molecule has 0 aliphatic carbocycles. The van der Waals surface area contributed by atoms with Crippen molar-refractivity contribution in [2.45, 2.75) is 68.1 Å². The first-order valence-corrected chi connectivity index (χ1v) is 12.4. The molecule has 0 aliphatic heterocycles. The van der Waals surface area contributed by atoms with E-state index in [9.17, 15) is 18.3 Å². The third-order valence-electron chi connectivity index (χ3n) is 5.28. The van der Waals surface area contributed by atoms with Gasteiger partial charge in [-0.3, -0.25) is 4.79 Å². The summed E-state index contributed by atoms with van der Waals surface area (Å²) in [6.07, 6.45) is 5.18. The number of hydrogen-bond acceptors (Lipinski definition) is 4. The molecule has 2 atom stereocenters. The summed E-state index contributed by atoms with van der Waals surface area (Å²) >= 11 is 0. The van der Waals surface area contributed by atoms with Gasteiger partial charge < -0.3 is 10.4 Å². The van der Waals surface area contributed by atoms with Crippen LogP contribution in [0.1, 0.15) is 51.9 Å². The van der Waals surface area contributed by atoms with Crippen molar-refractivity contribution in [3.8, 4) is 0 Å². The van der Waals surface area contributed by atoms with Gasteiger partial charge in [-0.1, -0.05) is 88.4 Å². The van der Waals surface area contributed by atoms with Gasteiger partial charge in [0, 0.05) is 11.3 Å². The Morgan fingerprint density at radius 3 is 2.10 bits per heavy atom. The number of unbranched alkanes of at least 4 members (excludes halogenated alkanes) is 5. The van der Waals surface area contributed by atoms with Gasteiger partial charge in [-0.05, 0) is 30.7 Å². The Hall–Kier alpha value is -2.44. The SMILES string of the molecule is C=C(C(=O)Nc1ccccc1)C(C(O)CCCCCCCC)S(=O)(=O)c1ccccc1. The number of hydrogen-bond donors (Lipinski definition) is 2. The highest BCUT2D eigenvalue weighted by molar-refractivity contribution is 7.92. The van der Waals surface area contributed by atoms with Gasteiger partial charge in [-0.25, -0.2) is 8.42 Å². The summed E-state index contributed by atoms with van der Waals surface area (Å²) in [5.41, 5.74) is 0.376. The van der Waals surface area contributed by atoms with Crippen molar-refractivity contribution < 1.29 is 18.3 Å². The lowest BCUT2D eigenvalue weighted by molar-refractivity contribution is -0.113. The molecular weight excluding hydrogens is 410 g/mol. The lowest BCUT2D eigenvalue weighted by atomic mass is 10.0. The molecule has 2 aromatic carbocycles. The Labute approximate surface area is 186 Å². The molecule has 0 radical (unpaired) electrons. The maximum Gasteiger partial charge on any atom is 0.252 e. The second-order valence-electron chi connectivity index (χ2n) is 7.75. The predicted molar refractivity (Wildman–Crippen MR) is 126 cm³/mol. The number of sulfone groups is 1. The van der Waals surface area contributed by atoms with Crippen LogP contribution in [0.3, 0.4) is 0 Å². The fourth-order valence-electron chi connectivity index (χ4n) is 3.53. The van der Waals surface area contributed by atoms with E-state index in [4.69, 9.17) is 0 Å². The van der Waals surface area contributed by atoms with Crippen LogP contribution in [0.4, 0.5) is 5.69 Å². The molecule has 0 aromatic heterocycles.